The molecule has 4 atom stereocenters. The second-order valence-electron chi connectivity index (χ2n) is 6.97. The minimum Gasteiger partial charge on any atom is -0.310 e. The molecule has 0 bridgehead atoms. The Morgan fingerprint density at radius 1 is 1.14 bits per heavy atom. The Labute approximate surface area is 128 Å². The summed E-state index contributed by atoms with van der Waals surface area (Å²) in [5, 5.41) is 3.62. The summed E-state index contributed by atoms with van der Waals surface area (Å²) in [4.78, 5) is 0. The Hall–Kier alpha value is -0.890. The number of fused-ring (bicyclic) bond motifs is 1. The Kier molecular flexibility index (Phi) is 4.95. The third kappa shape index (κ3) is 3.48. The van der Waals surface area contributed by atoms with Crippen molar-refractivity contribution in [1.82, 2.24) is 5.32 Å². The van der Waals surface area contributed by atoms with E-state index in [1.807, 2.05) is 6.07 Å². The molecule has 0 spiro atoms. The fraction of sp³-hybridized carbons (Fsp3) is 0.684. The predicted molar refractivity (Wildman–Crippen MR) is 85.6 cm³/mol. The molecule has 0 heterocycles. The van der Waals surface area contributed by atoms with Crippen molar-refractivity contribution in [3.8, 4) is 0 Å². The Morgan fingerprint density at radius 3 is 2.71 bits per heavy atom. The van der Waals surface area contributed by atoms with Crippen LogP contribution in [-0.4, -0.2) is 6.54 Å². The van der Waals surface area contributed by atoms with Gasteiger partial charge < -0.3 is 5.32 Å². The lowest BCUT2D eigenvalue weighted by atomic mass is 9.65. The number of rotatable bonds is 4. The first kappa shape index (κ1) is 15.0. The Bertz CT molecular complexity index is 459. The van der Waals surface area contributed by atoms with E-state index in [2.05, 4.69) is 18.3 Å². The van der Waals surface area contributed by atoms with Gasteiger partial charge in [-0.25, -0.2) is 4.39 Å². The quantitative estimate of drug-likeness (QED) is 0.814. The van der Waals surface area contributed by atoms with Crippen molar-refractivity contribution in [2.45, 2.75) is 57.9 Å². The fourth-order valence-electron chi connectivity index (χ4n) is 4.69. The molecule has 3 rings (SSSR count). The molecule has 1 N–H and O–H groups in total. The molecule has 2 fully saturated rings. The van der Waals surface area contributed by atoms with E-state index in [1.54, 1.807) is 12.1 Å². The molecule has 21 heavy (non-hydrogen) atoms. The van der Waals surface area contributed by atoms with Gasteiger partial charge in [-0.15, -0.1) is 0 Å². The largest absolute Gasteiger partial charge is 0.310 e. The molecule has 1 nitrogen and oxygen atoms in total. The molecule has 2 saturated carbocycles. The monoisotopic (exact) mass is 289 g/mol. The summed E-state index contributed by atoms with van der Waals surface area (Å²) in [6, 6.07) is 7.53. The van der Waals surface area contributed by atoms with Gasteiger partial charge in [0.25, 0.3) is 0 Å². The topological polar surface area (TPSA) is 12.0 Å². The van der Waals surface area contributed by atoms with Crippen LogP contribution in [0.5, 0.6) is 0 Å². The zero-order valence-electron chi connectivity index (χ0n) is 13.2. The molecule has 2 heteroatoms. The van der Waals surface area contributed by atoms with E-state index >= 15 is 0 Å². The Morgan fingerprint density at radius 2 is 1.95 bits per heavy atom. The minimum atomic E-state index is -0.109. The van der Waals surface area contributed by atoms with Gasteiger partial charge in [0.15, 0.2) is 0 Å². The van der Waals surface area contributed by atoms with E-state index in [1.165, 1.54) is 44.9 Å². The highest BCUT2D eigenvalue weighted by atomic mass is 19.1. The summed E-state index contributed by atoms with van der Waals surface area (Å²) < 4.78 is 13.6. The van der Waals surface area contributed by atoms with Gasteiger partial charge in [0.2, 0.25) is 0 Å². The minimum absolute atomic E-state index is 0.109. The zero-order chi connectivity index (χ0) is 14.7. The molecule has 0 radical (unpaired) electrons. The summed E-state index contributed by atoms with van der Waals surface area (Å²) in [7, 11) is 0. The summed E-state index contributed by atoms with van der Waals surface area (Å²) in [6.45, 7) is 3.10. The van der Waals surface area contributed by atoms with Gasteiger partial charge in [0, 0.05) is 6.04 Å². The van der Waals surface area contributed by atoms with Crippen LogP contribution in [0.1, 0.15) is 63.5 Å². The third-order valence-corrected chi connectivity index (χ3v) is 5.68. The molecule has 116 valence electrons. The van der Waals surface area contributed by atoms with Crippen molar-refractivity contribution in [3.63, 3.8) is 0 Å². The standard InChI is InChI=1S/C19H28FN/c1-2-21-19(16-8-5-9-18(20)13-16)17-11-10-14-6-3-4-7-15(14)12-17/h5,8-9,13-15,17,19,21H,2-4,6-7,10-12H2,1H3. The van der Waals surface area contributed by atoms with E-state index in [0.717, 1.165) is 23.9 Å². The normalized spacial score (nSPS) is 30.7. The SMILES string of the molecule is CCNC(c1cccc(F)c1)C1CCC2CCCCC2C1. The lowest BCUT2D eigenvalue weighted by molar-refractivity contribution is 0.110. The molecule has 2 aliphatic rings. The van der Waals surface area contributed by atoms with Crippen LogP contribution >= 0.6 is 0 Å². The first-order chi connectivity index (χ1) is 10.3. The highest BCUT2D eigenvalue weighted by Gasteiger charge is 2.35. The second kappa shape index (κ2) is 6.91. The number of nitrogens with one attached hydrogen (secondary N) is 1. The molecule has 1 aromatic rings. The molecule has 0 aliphatic heterocycles. The number of halogens is 1. The van der Waals surface area contributed by atoms with Crippen LogP contribution in [-0.2, 0) is 0 Å². The van der Waals surface area contributed by atoms with Crippen molar-refractivity contribution >= 4 is 0 Å². The summed E-state index contributed by atoms with van der Waals surface area (Å²) in [6.07, 6.45) is 9.74. The molecule has 0 saturated heterocycles. The molecule has 2 aliphatic carbocycles. The lowest BCUT2D eigenvalue weighted by Gasteiger charge is -2.42. The molecular weight excluding hydrogens is 261 g/mol. The van der Waals surface area contributed by atoms with Crippen LogP contribution in [0.2, 0.25) is 0 Å². The van der Waals surface area contributed by atoms with Crippen molar-refractivity contribution in [1.29, 1.82) is 0 Å². The molecule has 4 unspecified atom stereocenters. The van der Waals surface area contributed by atoms with Gasteiger partial charge in [-0.05, 0) is 61.3 Å². The zero-order valence-corrected chi connectivity index (χ0v) is 13.2. The number of benzene rings is 1. The Balaban J connectivity index is 1.74. The van der Waals surface area contributed by atoms with Crippen LogP contribution in [0.4, 0.5) is 4.39 Å². The highest BCUT2D eigenvalue weighted by molar-refractivity contribution is 5.21. The van der Waals surface area contributed by atoms with Gasteiger partial charge in [-0.2, -0.15) is 0 Å². The smallest absolute Gasteiger partial charge is 0.123 e. The fourth-order valence-corrected chi connectivity index (χ4v) is 4.69. The van der Waals surface area contributed by atoms with Crippen molar-refractivity contribution in [2.75, 3.05) is 6.54 Å². The van der Waals surface area contributed by atoms with E-state index in [-0.39, 0.29) is 5.82 Å². The van der Waals surface area contributed by atoms with Gasteiger partial charge in [-0.1, -0.05) is 44.7 Å². The van der Waals surface area contributed by atoms with Crippen molar-refractivity contribution in [3.05, 3.63) is 35.6 Å². The predicted octanol–water partition coefficient (Wildman–Crippen LogP) is 5.08. The maximum Gasteiger partial charge on any atom is 0.123 e. The van der Waals surface area contributed by atoms with E-state index in [9.17, 15) is 4.39 Å². The summed E-state index contributed by atoms with van der Waals surface area (Å²) in [5.41, 5.74) is 1.14. The first-order valence-electron chi connectivity index (χ1n) is 8.76. The summed E-state index contributed by atoms with van der Waals surface area (Å²) >= 11 is 0. The van der Waals surface area contributed by atoms with Crippen LogP contribution in [0.25, 0.3) is 0 Å². The number of hydrogen-bond acceptors (Lipinski definition) is 1. The maximum atomic E-state index is 13.6. The van der Waals surface area contributed by atoms with E-state index in [4.69, 9.17) is 0 Å². The molecule has 1 aromatic carbocycles. The number of hydrogen-bond donors (Lipinski definition) is 1. The van der Waals surface area contributed by atoms with Crippen LogP contribution < -0.4 is 5.32 Å². The van der Waals surface area contributed by atoms with Gasteiger partial charge in [-0.3, -0.25) is 0 Å². The van der Waals surface area contributed by atoms with Crippen molar-refractivity contribution < 1.29 is 4.39 Å². The molecule has 0 amide bonds. The van der Waals surface area contributed by atoms with E-state index in [0.29, 0.717) is 12.0 Å². The third-order valence-electron chi connectivity index (χ3n) is 5.68. The van der Waals surface area contributed by atoms with E-state index < -0.39 is 0 Å². The molecule has 0 aromatic heterocycles. The molecular formula is C19H28FN. The lowest BCUT2D eigenvalue weighted by Crippen LogP contribution is -2.35. The van der Waals surface area contributed by atoms with Gasteiger partial charge >= 0.3 is 0 Å². The van der Waals surface area contributed by atoms with Crippen LogP contribution in [0, 0.1) is 23.6 Å². The van der Waals surface area contributed by atoms with Crippen molar-refractivity contribution in [2.24, 2.45) is 17.8 Å². The van der Waals surface area contributed by atoms with Gasteiger partial charge in [0.05, 0.1) is 0 Å². The highest BCUT2D eigenvalue weighted by Crippen LogP contribution is 2.46. The second-order valence-corrected chi connectivity index (χ2v) is 6.97. The van der Waals surface area contributed by atoms with Crippen LogP contribution in [0.3, 0.4) is 0 Å². The first-order valence-corrected chi connectivity index (χ1v) is 8.76. The summed E-state index contributed by atoms with van der Waals surface area (Å²) in [5.74, 6) is 2.46. The average Bonchev–Trinajstić information content (AvgIpc) is 2.52. The van der Waals surface area contributed by atoms with Crippen LogP contribution in [0.15, 0.2) is 24.3 Å². The van der Waals surface area contributed by atoms with Gasteiger partial charge in [0.1, 0.15) is 5.82 Å². The average molecular weight is 289 g/mol. The maximum absolute atomic E-state index is 13.6.